The second kappa shape index (κ2) is 66.4. The van der Waals surface area contributed by atoms with E-state index >= 15 is 0 Å². The molecule has 1 unspecified atom stereocenters. The summed E-state index contributed by atoms with van der Waals surface area (Å²) in [6.45, 7) is 6.58. The summed E-state index contributed by atoms with van der Waals surface area (Å²) in [5, 5.41) is 0. The van der Waals surface area contributed by atoms with E-state index in [1.54, 1.807) is 0 Å². The van der Waals surface area contributed by atoms with Crippen LogP contribution in [0.5, 0.6) is 0 Å². The predicted octanol–water partition coefficient (Wildman–Crippen LogP) is 23.3. The molecule has 0 amide bonds. The maximum atomic E-state index is 12.9. The second-order valence-corrected chi connectivity index (χ2v) is 22.7. The second-order valence-electron chi connectivity index (χ2n) is 22.7. The number of unbranched alkanes of at least 4 members (excludes halogenated alkanes) is 39. The average molecular weight is 1090 g/mol. The third kappa shape index (κ3) is 63.7. The van der Waals surface area contributed by atoms with Crippen molar-refractivity contribution in [3.8, 4) is 0 Å². The number of hydrogen-bond donors (Lipinski definition) is 0. The number of carbonyl (C=O) groups excluding carboxylic acids is 3. The van der Waals surface area contributed by atoms with Gasteiger partial charge in [-0.15, -0.1) is 0 Å². The van der Waals surface area contributed by atoms with Gasteiger partial charge in [0.1, 0.15) is 13.2 Å². The number of carbonyl (C=O) groups is 3. The van der Waals surface area contributed by atoms with Gasteiger partial charge in [0.2, 0.25) is 0 Å². The molecule has 0 fully saturated rings. The maximum absolute atomic E-state index is 12.9. The standard InChI is InChI=1S/C72H128O6/c1-4-7-10-13-16-19-22-25-28-29-30-31-32-33-34-35-36-37-38-39-40-41-42-43-45-47-50-53-56-59-62-65-71(74)77-68-69(67-76-70(73)64-61-58-55-52-49-46-27-24-21-18-15-12-9-6-3)78-72(75)66-63-60-57-54-51-48-44-26-23-20-17-14-11-8-5-2/h15,17-18,20,22,24-27,29-30,44,69H,4-14,16,19,21,23,28,31-43,45-68H2,1-3H3/b18-15-,20-17-,25-22-,27-24-,30-29-,44-26-. The lowest BCUT2D eigenvalue weighted by molar-refractivity contribution is -0.167. The Morgan fingerprint density at radius 2 is 0.474 bits per heavy atom. The Morgan fingerprint density at radius 3 is 0.769 bits per heavy atom. The summed E-state index contributed by atoms with van der Waals surface area (Å²) >= 11 is 0. The molecule has 0 heterocycles. The van der Waals surface area contributed by atoms with E-state index in [1.165, 1.54) is 199 Å². The van der Waals surface area contributed by atoms with Crippen molar-refractivity contribution in [2.45, 2.75) is 354 Å². The van der Waals surface area contributed by atoms with Gasteiger partial charge in [-0.3, -0.25) is 14.4 Å². The number of rotatable bonds is 62. The summed E-state index contributed by atoms with van der Waals surface area (Å²) < 4.78 is 16.9. The molecule has 78 heavy (non-hydrogen) atoms. The van der Waals surface area contributed by atoms with Gasteiger partial charge in [-0.25, -0.2) is 0 Å². The van der Waals surface area contributed by atoms with Crippen molar-refractivity contribution in [2.75, 3.05) is 13.2 Å². The van der Waals surface area contributed by atoms with E-state index < -0.39 is 6.10 Å². The molecule has 0 saturated carbocycles. The largest absolute Gasteiger partial charge is 0.462 e. The highest BCUT2D eigenvalue weighted by Crippen LogP contribution is 2.17. The molecule has 0 rings (SSSR count). The molecule has 0 aliphatic carbocycles. The minimum Gasteiger partial charge on any atom is -0.462 e. The topological polar surface area (TPSA) is 78.9 Å². The van der Waals surface area contributed by atoms with Gasteiger partial charge in [0.25, 0.3) is 0 Å². The van der Waals surface area contributed by atoms with Crippen LogP contribution in [0, 0.1) is 0 Å². The fraction of sp³-hybridized carbons (Fsp3) is 0.792. The monoisotopic (exact) mass is 1090 g/mol. The minimum atomic E-state index is -0.788. The first-order chi connectivity index (χ1) is 38.5. The van der Waals surface area contributed by atoms with Gasteiger partial charge in [0.05, 0.1) is 0 Å². The zero-order valence-electron chi connectivity index (χ0n) is 51.9. The molecule has 1 atom stereocenters. The fourth-order valence-corrected chi connectivity index (χ4v) is 9.76. The SMILES string of the molecule is CCCC/C=C\C/C=C\CCCCCCCC(=O)OCC(COC(=O)CCCCCCCCCCCCCCCCCCCCC/C=C\C/C=C\CCCCCCC)OC(=O)CCCCCCC/C=C\C/C=C\CCCCC. The maximum Gasteiger partial charge on any atom is 0.306 e. The zero-order valence-corrected chi connectivity index (χ0v) is 51.9. The van der Waals surface area contributed by atoms with Crippen molar-refractivity contribution < 1.29 is 28.6 Å². The number of esters is 3. The van der Waals surface area contributed by atoms with Crippen molar-refractivity contribution in [2.24, 2.45) is 0 Å². The predicted molar refractivity (Wildman–Crippen MR) is 339 cm³/mol. The van der Waals surface area contributed by atoms with Crippen LogP contribution in [0.3, 0.4) is 0 Å². The Bertz CT molecular complexity index is 1440. The third-order valence-electron chi connectivity index (χ3n) is 14.9. The van der Waals surface area contributed by atoms with Gasteiger partial charge in [0, 0.05) is 19.3 Å². The van der Waals surface area contributed by atoms with E-state index in [0.717, 1.165) is 109 Å². The Labute approximate surface area is 484 Å². The normalized spacial score (nSPS) is 12.5. The van der Waals surface area contributed by atoms with Crippen LogP contribution in [-0.2, 0) is 28.6 Å². The summed E-state index contributed by atoms with van der Waals surface area (Å²) in [7, 11) is 0. The molecule has 0 aromatic heterocycles. The van der Waals surface area contributed by atoms with Crippen molar-refractivity contribution in [3.05, 3.63) is 72.9 Å². The first-order valence-electron chi connectivity index (χ1n) is 33.9. The molecule has 0 bridgehead atoms. The summed E-state index contributed by atoms with van der Waals surface area (Å²) in [5.41, 5.74) is 0. The van der Waals surface area contributed by atoms with Crippen molar-refractivity contribution in [3.63, 3.8) is 0 Å². The van der Waals surface area contributed by atoms with Gasteiger partial charge < -0.3 is 14.2 Å². The van der Waals surface area contributed by atoms with Crippen LogP contribution < -0.4 is 0 Å². The van der Waals surface area contributed by atoms with Crippen molar-refractivity contribution in [1.82, 2.24) is 0 Å². The molecule has 0 aromatic rings. The molecule has 0 N–H and O–H groups in total. The first-order valence-corrected chi connectivity index (χ1v) is 33.9. The summed E-state index contributed by atoms with van der Waals surface area (Å²) in [6.07, 6.45) is 86.4. The fourth-order valence-electron chi connectivity index (χ4n) is 9.76. The molecule has 6 heteroatoms. The van der Waals surface area contributed by atoms with E-state index in [9.17, 15) is 14.4 Å². The Morgan fingerprint density at radius 1 is 0.256 bits per heavy atom. The molecular formula is C72H128O6. The number of hydrogen-bond acceptors (Lipinski definition) is 6. The van der Waals surface area contributed by atoms with Gasteiger partial charge in [-0.1, -0.05) is 293 Å². The lowest BCUT2D eigenvalue weighted by atomic mass is 10.0. The molecule has 0 aliphatic rings. The van der Waals surface area contributed by atoms with Crippen LogP contribution in [0.15, 0.2) is 72.9 Å². The van der Waals surface area contributed by atoms with Gasteiger partial charge >= 0.3 is 17.9 Å². The number of allylic oxidation sites excluding steroid dienone is 12. The molecular weight excluding hydrogens is 961 g/mol. The highest BCUT2D eigenvalue weighted by atomic mass is 16.6. The van der Waals surface area contributed by atoms with Crippen molar-refractivity contribution in [1.29, 1.82) is 0 Å². The van der Waals surface area contributed by atoms with Crippen molar-refractivity contribution >= 4 is 17.9 Å². The van der Waals surface area contributed by atoms with Gasteiger partial charge in [0.15, 0.2) is 6.10 Å². The number of ether oxygens (including phenoxy) is 3. The molecule has 452 valence electrons. The highest BCUT2D eigenvalue weighted by molar-refractivity contribution is 5.71. The van der Waals surface area contributed by atoms with Crippen LogP contribution in [0.4, 0.5) is 0 Å². The molecule has 0 saturated heterocycles. The quantitative estimate of drug-likeness (QED) is 0.0261. The van der Waals surface area contributed by atoms with Crippen LogP contribution >= 0.6 is 0 Å². The smallest absolute Gasteiger partial charge is 0.306 e. The van der Waals surface area contributed by atoms with E-state index in [1.807, 2.05) is 0 Å². The zero-order chi connectivity index (χ0) is 56.4. The van der Waals surface area contributed by atoms with Crippen LogP contribution in [0.2, 0.25) is 0 Å². The van der Waals surface area contributed by atoms with Gasteiger partial charge in [-0.2, -0.15) is 0 Å². The Kier molecular flexibility index (Phi) is 63.7. The first kappa shape index (κ1) is 74.8. The van der Waals surface area contributed by atoms with E-state index in [4.69, 9.17) is 14.2 Å². The van der Waals surface area contributed by atoms with Crippen LogP contribution in [-0.4, -0.2) is 37.2 Å². The molecule has 0 aromatic carbocycles. The van der Waals surface area contributed by atoms with Gasteiger partial charge in [-0.05, 0) is 109 Å². The third-order valence-corrected chi connectivity index (χ3v) is 14.9. The van der Waals surface area contributed by atoms with E-state index in [-0.39, 0.29) is 31.1 Å². The Balaban J connectivity index is 4.18. The van der Waals surface area contributed by atoms with Crippen LogP contribution in [0.1, 0.15) is 348 Å². The minimum absolute atomic E-state index is 0.0829. The summed E-state index contributed by atoms with van der Waals surface area (Å²) in [5.74, 6) is -0.896. The molecule has 0 aliphatic heterocycles. The lowest BCUT2D eigenvalue weighted by Crippen LogP contribution is -2.30. The van der Waals surface area contributed by atoms with E-state index in [0.29, 0.717) is 19.3 Å². The van der Waals surface area contributed by atoms with E-state index in [2.05, 4.69) is 93.7 Å². The summed E-state index contributed by atoms with van der Waals surface area (Å²) in [4.78, 5) is 38.3. The lowest BCUT2D eigenvalue weighted by Gasteiger charge is -2.18. The molecule has 0 radical (unpaired) electrons. The Hall–Kier alpha value is -3.15. The molecule has 0 spiro atoms. The highest BCUT2D eigenvalue weighted by Gasteiger charge is 2.19. The van der Waals surface area contributed by atoms with Crippen LogP contribution in [0.25, 0.3) is 0 Å². The average Bonchev–Trinajstić information content (AvgIpc) is 3.44. The summed E-state index contributed by atoms with van der Waals surface area (Å²) in [6, 6.07) is 0. The molecule has 6 nitrogen and oxygen atoms in total.